The Bertz CT molecular complexity index is 1110. The van der Waals surface area contributed by atoms with Gasteiger partial charge in [0.2, 0.25) is 0 Å². The van der Waals surface area contributed by atoms with E-state index in [9.17, 15) is 31.1 Å². The van der Waals surface area contributed by atoms with Crippen LogP contribution in [0.25, 0.3) is 10.8 Å². The summed E-state index contributed by atoms with van der Waals surface area (Å²) in [6, 6.07) is 7.51. The van der Waals surface area contributed by atoms with E-state index in [0.29, 0.717) is 17.5 Å². The van der Waals surface area contributed by atoms with Crippen molar-refractivity contribution in [2.45, 2.75) is 76.4 Å². The van der Waals surface area contributed by atoms with Gasteiger partial charge in [-0.15, -0.1) is 0 Å². The number of nitrogens with zero attached hydrogens (tertiary/aromatic N) is 1. The molecule has 0 aromatic heterocycles. The standard InChI is InChI=1S/C27H31F6NO3/c1-16(34-12-2-3-17(15-34)13-24(35)36)19-5-4-18-6-11-23(25(22(18)14-19)27(31,32)33)37-21-9-7-20(8-10-21)26(28,29)30/h4-6,11,14,16-17,20-21H,2-3,7-10,12-13,15H2,1H3,(H,35,36)/t16-,17?,20?,21?/m1/s1. The van der Waals surface area contributed by atoms with E-state index in [0.717, 1.165) is 19.4 Å². The average Bonchev–Trinajstić information content (AvgIpc) is 2.82. The van der Waals surface area contributed by atoms with Gasteiger partial charge in [-0.25, -0.2) is 0 Å². The number of carbonyl (C=O) groups is 1. The summed E-state index contributed by atoms with van der Waals surface area (Å²) in [6.45, 7) is 3.18. The van der Waals surface area contributed by atoms with E-state index in [1.54, 1.807) is 18.2 Å². The molecular formula is C27H31F6NO3. The molecule has 1 saturated carbocycles. The number of aliphatic carboxylic acids is 1. The summed E-state index contributed by atoms with van der Waals surface area (Å²) in [4.78, 5) is 13.2. The van der Waals surface area contributed by atoms with Crippen molar-refractivity contribution in [3.63, 3.8) is 0 Å². The Morgan fingerprint density at radius 2 is 1.73 bits per heavy atom. The van der Waals surface area contributed by atoms with Crippen LogP contribution in [-0.2, 0) is 11.0 Å². The number of piperidine rings is 1. The van der Waals surface area contributed by atoms with Crippen LogP contribution in [0.3, 0.4) is 0 Å². The molecule has 0 spiro atoms. The first-order valence-electron chi connectivity index (χ1n) is 12.7. The van der Waals surface area contributed by atoms with Crippen LogP contribution in [-0.4, -0.2) is 41.3 Å². The van der Waals surface area contributed by atoms with E-state index in [1.165, 1.54) is 12.1 Å². The summed E-state index contributed by atoms with van der Waals surface area (Å²) in [6.07, 6.45) is -8.30. The van der Waals surface area contributed by atoms with Crippen molar-refractivity contribution in [2.75, 3.05) is 13.1 Å². The molecule has 2 aliphatic rings. The Hall–Kier alpha value is -2.49. The Balaban J connectivity index is 1.60. The van der Waals surface area contributed by atoms with Gasteiger partial charge in [-0.1, -0.05) is 18.2 Å². The zero-order valence-corrected chi connectivity index (χ0v) is 20.5. The topological polar surface area (TPSA) is 49.8 Å². The minimum absolute atomic E-state index is 0.00710. The van der Waals surface area contributed by atoms with E-state index in [2.05, 4.69) is 4.90 Å². The fourth-order valence-electron chi connectivity index (χ4n) is 5.73. The fourth-order valence-corrected chi connectivity index (χ4v) is 5.73. The van der Waals surface area contributed by atoms with E-state index in [-0.39, 0.29) is 55.2 Å². The molecule has 2 aromatic carbocycles. The predicted molar refractivity (Wildman–Crippen MR) is 126 cm³/mol. The number of carboxylic acid groups (broad SMARTS) is 1. The first-order chi connectivity index (χ1) is 17.3. The molecule has 0 radical (unpaired) electrons. The Morgan fingerprint density at radius 3 is 2.35 bits per heavy atom. The minimum Gasteiger partial charge on any atom is -0.490 e. The van der Waals surface area contributed by atoms with Crippen LogP contribution in [0.1, 0.15) is 69.0 Å². The van der Waals surface area contributed by atoms with Crippen LogP contribution in [0.2, 0.25) is 0 Å². The summed E-state index contributed by atoms with van der Waals surface area (Å²) in [5.74, 6) is -2.67. The number of hydrogen-bond acceptors (Lipinski definition) is 3. The third kappa shape index (κ3) is 6.51. The van der Waals surface area contributed by atoms with Gasteiger partial charge < -0.3 is 9.84 Å². The van der Waals surface area contributed by atoms with Crippen molar-refractivity contribution in [3.8, 4) is 5.75 Å². The molecule has 1 heterocycles. The molecule has 1 unspecified atom stereocenters. The highest BCUT2D eigenvalue weighted by Gasteiger charge is 2.43. The molecule has 10 heteroatoms. The van der Waals surface area contributed by atoms with Crippen molar-refractivity contribution in [2.24, 2.45) is 11.8 Å². The van der Waals surface area contributed by atoms with Gasteiger partial charge in [0, 0.05) is 19.0 Å². The molecule has 0 bridgehead atoms. The van der Waals surface area contributed by atoms with Crippen LogP contribution in [0.15, 0.2) is 30.3 Å². The molecule has 2 atom stereocenters. The lowest BCUT2D eigenvalue weighted by Gasteiger charge is -2.36. The summed E-state index contributed by atoms with van der Waals surface area (Å²) >= 11 is 0. The van der Waals surface area contributed by atoms with Crippen LogP contribution >= 0.6 is 0 Å². The van der Waals surface area contributed by atoms with Crippen molar-refractivity contribution < 1.29 is 41.0 Å². The number of hydrogen-bond donors (Lipinski definition) is 1. The maximum absolute atomic E-state index is 14.3. The molecule has 1 aliphatic heterocycles. The van der Waals surface area contributed by atoms with E-state index < -0.39 is 35.9 Å². The van der Waals surface area contributed by atoms with Crippen molar-refractivity contribution in [3.05, 3.63) is 41.5 Å². The monoisotopic (exact) mass is 531 g/mol. The van der Waals surface area contributed by atoms with Gasteiger partial charge in [-0.05, 0) is 86.4 Å². The molecule has 2 aromatic rings. The van der Waals surface area contributed by atoms with Crippen LogP contribution < -0.4 is 4.74 Å². The third-order valence-electron chi connectivity index (χ3n) is 7.77. The SMILES string of the molecule is C[C@H](c1ccc2ccc(OC3CCC(C(F)(F)F)CC3)c(C(F)(F)F)c2c1)N1CCCC(CC(=O)O)C1. The number of fused-ring (bicyclic) bond motifs is 1. The highest BCUT2D eigenvalue weighted by molar-refractivity contribution is 5.89. The first kappa shape index (κ1) is 27.5. The van der Waals surface area contributed by atoms with Crippen molar-refractivity contribution in [1.29, 1.82) is 0 Å². The van der Waals surface area contributed by atoms with Gasteiger partial charge in [0.15, 0.2) is 0 Å². The lowest BCUT2D eigenvalue weighted by molar-refractivity contribution is -0.185. The molecule has 2 fully saturated rings. The molecule has 1 saturated heterocycles. The van der Waals surface area contributed by atoms with E-state index >= 15 is 0 Å². The maximum atomic E-state index is 14.3. The number of ether oxygens (including phenoxy) is 1. The van der Waals surface area contributed by atoms with Crippen LogP contribution in [0, 0.1) is 11.8 Å². The second-order valence-corrected chi connectivity index (χ2v) is 10.3. The second kappa shape index (κ2) is 10.7. The Labute approximate surface area is 211 Å². The van der Waals surface area contributed by atoms with Gasteiger partial charge in [0.1, 0.15) is 11.3 Å². The highest BCUT2D eigenvalue weighted by Crippen LogP contribution is 2.44. The maximum Gasteiger partial charge on any atom is 0.420 e. The number of carboxylic acids is 1. The van der Waals surface area contributed by atoms with Gasteiger partial charge in [0.05, 0.1) is 12.0 Å². The van der Waals surface area contributed by atoms with Gasteiger partial charge >= 0.3 is 18.3 Å². The van der Waals surface area contributed by atoms with Crippen LogP contribution in [0.4, 0.5) is 26.3 Å². The first-order valence-corrected chi connectivity index (χ1v) is 12.7. The molecular weight excluding hydrogens is 500 g/mol. The zero-order valence-electron chi connectivity index (χ0n) is 20.5. The predicted octanol–water partition coefficient (Wildman–Crippen LogP) is 7.61. The smallest absolute Gasteiger partial charge is 0.420 e. The van der Waals surface area contributed by atoms with Crippen LogP contribution in [0.5, 0.6) is 5.75 Å². The van der Waals surface area contributed by atoms with Gasteiger partial charge in [-0.2, -0.15) is 26.3 Å². The summed E-state index contributed by atoms with van der Waals surface area (Å²) < 4.78 is 87.6. The van der Waals surface area contributed by atoms with E-state index in [1.807, 2.05) is 6.92 Å². The summed E-state index contributed by atoms with van der Waals surface area (Å²) in [7, 11) is 0. The quantitative estimate of drug-likeness (QED) is 0.390. The lowest BCUT2D eigenvalue weighted by Crippen LogP contribution is -2.38. The summed E-state index contributed by atoms with van der Waals surface area (Å²) in [5.41, 5.74) is -0.240. The lowest BCUT2D eigenvalue weighted by atomic mass is 9.87. The molecule has 1 aliphatic carbocycles. The molecule has 37 heavy (non-hydrogen) atoms. The Morgan fingerprint density at radius 1 is 1.05 bits per heavy atom. The number of likely N-dealkylation sites (tertiary alicyclic amines) is 1. The average molecular weight is 532 g/mol. The third-order valence-corrected chi connectivity index (χ3v) is 7.77. The Kier molecular flexibility index (Phi) is 7.97. The number of halogens is 6. The largest absolute Gasteiger partial charge is 0.490 e. The van der Waals surface area contributed by atoms with Crippen molar-refractivity contribution in [1.82, 2.24) is 4.90 Å². The van der Waals surface area contributed by atoms with Crippen molar-refractivity contribution >= 4 is 16.7 Å². The minimum atomic E-state index is -4.72. The normalized spacial score (nSPS) is 24.7. The molecule has 1 N–H and O–H groups in total. The van der Waals surface area contributed by atoms with E-state index in [4.69, 9.17) is 9.84 Å². The fraction of sp³-hybridized carbons (Fsp3) is 0.593. The number of rotatable bonds is 6. The summed E-state index contributed by atoms with van der Waals surface area (Å²) in [5, 5.41) is 9.51. The molecule has 0 amide bonds. The highest BCUT2D eigenvalue weighted by atomic mass is 19.4. The molecule has 204 valence electrons. The molecule has 4 nitrogen and oxygen atoms in total. The van der Waals surface area contributed by atoms with Gasteiger partial charge in [0.25, 0.3) is 0 Å². The van der Waals surface area contributed by atoms with Gasteiger partial charge in [-0.3, -0.25) is 9.69 Å². The zero-order chi connectivity index (χ0) is 27.0. The molecule has 4 rings (SSSR count). The number of benzene rings is 2. The number of alkyl halides is 6. The second-order valence-electron chi connectivity index (χ2n) is 10.3.